The van der Waals surface area contributed by atoms with Gasteiger partial charge >= 0.3 is 0 Å². The molecule has 1 amide bonds. The maximum atomic E-state index is 14.3. The van der Waals surface area contributed by atoms with Crippen molar-refractivity contribution in [1.29, 1.82) is 0 Å². The average Bonchev–Trinajstić information content (AvgIpc) is 3.14. The second-order valence-corrected chi connectivity index (χ2v) is 7.93. The standard InChI is InChI=1S/C21H18ClFN2O2S/c22-15-6-8-17(9-7-15)27-12-19-24-16(13-28-19)11-20(26)25-10-2-4-14-3-1-5-18(23)21(14)25/h1,3,5-9,13H,2,4,10-12H2. The van der Waals surface area contributed by atoms with Crippen LogP contribution in [0, 0.1) is 5.82 Å². The summed E-state index contributed by atoms with van der Waals surface area (Å²) in [5, 5.41) is 3.28. The lowest BCUT2D eigenvalue weighted by molar-refractivity contribution is -0.118. The topological polar surface area (TPSA) is 42.4 Å². The predicted octanol–water partition coefficient (Wildman–Crippen LogP) is 5.04. The monoisotopic (exact) mass is 416 g/mol. The lowest BCUT2D eigenvalue weighted by Gasteiger charge is -2.29. The number of carbonyl (C=O) groups excluding carboxylic acids is 1. The highest BCUT2D eigenvalue weighted by atomic mass is 35.5. The van der Waals surface area contributed by atoms with Gasteiger partial charge in [0.25, 0.3) is 0 Å². The van der Waals surface area contributed by atoms with Crippen LogP contribution in [0.3, 0.4) is 0 Å². The number of nitrogens with zero attached hydrogens (tertiary/aromatic N) is 2. The van der Waals surface area contributed by atoms with Gasteiger partial charge in [0.05, 0.1) is 17.8 Å². The number of halogens is 2. The average molecular weight is 417 g/mol. The molecule has 0 fully saturated rings. The summed E-state index contributed by atoms with van der Waals surface area (Å²) in [6.45, 7) is 0.852. The Bertz CT molecular complexity index is 990. The largest absolute Gasteiger partial charge is 0.486 e. The summed E-state index contributed by atoms with van der Waals surface area (Å²) in [6, 6.07) is 12.1. The van der Waals surface area contributed by atoms with E-state index >= 15 is 0 Å². The molecule has 2 aromatic carbocycles. The van der Waals surface area contributed by atoms with Crippen LogP contribution in [0.4, 0.5) is 10.1 Å². The zero-order chi connectivity index (χ0) is 19.5. The van der Waals surface area contributed by atoms with Crippen LogP contribution in [0.1, 0.15) is 22.7 Å². The van der Waals surface area contributed by atoms with Gasteiger partial charge in [-0.3, -0.25) is 4.79 Å². The summed E-state index contributed by atoms with van der Waals surface area (Å²) in [6.07, 6.45) is 1.77. The van der Waals surface area contributed by atoms with E-state index in [1.807, 2.05) is 11.4 Å². The van der Waals surface area contributed by atoms with Crippen LogP contribution in [0.25, 0.3) is 0 Å². The molecule has 1 aliphatic heterocycles. The molecule has 0 radical (unpaired) electrons. The van der Waals surface area contributed by atoms with Crippen molar-refractivity contribution in [3.8, 4) is 5.75 Å². The Morgan fingerprint density at radius 3 is 2.89 bits per heavy atom. The summed E-state index contributed by atoms with van der Waals surface area (Å²) in [7, 11) is 0. The fourth-order valence-electron chi connectivity index (χ4n) is 3.28. The summed E-state index contributed by atoms with van der Waals surface area (Å²) < 4.78 is 20.0. The third-order valence-electron chi connectivity index (χ3n) is 4.58. The van der Waals surface area contributed by atoms with Gasteiger partial charge in [-0.15, -0.1) is 11.3 Å². The number of rotatable bonds is 5. The molecular formula is C21H18ClFN2O2S. The van der Waals surface area contributed by atoms with Gasteiger partial charge in [-0.05, 0) is 48.7 Å². The molecule has 7 heteroatoms. The van der Waals surface area contributed by atoms with Crippen LogP contribution in [0.2, 0.25) is 5.02 Å². The lowest BCUT2D eigenvalue weighted by atomic mass is 10.0. The van der Waals surface area contributed by atoms with Gasteiger partial charge in [-0.1, -0.05) is 23.7 Å². The highest BCUT2D eigenvalue weighted by Crippen LogP contribution is 2.30. The van der Waals surface area contributed by atoms with Gasteiger partial charge in [0.1, 0.15) is 23.2 Å². The molecule has 4 rings (SSSR count). The van der Waals surface area contributed by atoms with E-state index in [0.29, 0.717) is 35.3 Å². The minimum Gasteiger partial charge on any atom is -0.486 e. The number of benzene rings is 2. The minimum absolute atomic E-state index is 0.137. The summed E-state index contributed by atoms with van der Waals surface area (Å²) in [4.78, 5) is 18.8. The van der Waals surface area contributed by atoms with Gasteiger partial charge in [0, 0.05) is 16.9 Å². The molecule has 2 heterocycles. The maximum Gasteiger partial charge on any atom is 0.233 e. The molecular weight excluding hydrogens is 399 g/mol. The molecule has 1 aromatic heterocycles. The second-order valence-electron chi connectivity index (χ2n) is 6.55. The van der Waals surface area contributed by atoms with Crippen LogP contribution in [-0.4, -0.2) is 17.4 Å². The van der Waals surface area contributed by atoms with Gasteiger partial charge in [-0.2, -0.15) is 0 Å². The number of thiazole rings is 1. The normalized spacial score (nSPS) is 13.3. The highest BCUT2D eigenvalue weighted by Gasteiger charge is 2.26. The first-order valence-corrected chi connectivity index (χ1v) is 10.3. The van der Waals surface area contributed by atoms with E-state index in [-0.39, 0.29) is 18.1 Å². The number of aryl methyl sites for hydroxylation is 1. The van der Waals surface area contributed by atoms with Gasteiger partial charge in [-0.25, -0.2) is 9.37 Å². The quantitative estimate of drug-likeness (QED) is 0.585. The molecule has 0 saturated heterocycles. The van der Waals surface area contributed by atoms with Crippen molar-refractivity contribution in [2.24, 2.45) is 0 Å². The minimum atomic E-state index is -0.346. The van der Waals surface area contributed by atoms with E-state index < -0.39 is 0 Å². The number of hydrogen-bond donors (Lipinski definition) is 0. The van der Waals surface area contributed by atoms with Crippen LogP contribution in [0.15, 0.2) is 47.8 Å². The maximum absolute atomic E-state index is 14.3. The zero-order valence-corrected chi connectivity index (χ0v) is 16.6. The third kappa shape index (κ3) is 4.18. The van der Waals surface area contributed by atoms with Crippen molar-refractivity contribution in [1.82, 2.24) is 4.98 Å². The molecule has 0 bridgehead atoms. The van der Waals surface area contributed by atoms with Crippen molar-refractivity contribution >= 4 is 34.5 Å². The number of fused-ring (bicyclic) bond motifs is 1. The smallest absolute Gasteiger partial charge is 0.233 e. The Morgan fingerprint density at radius 1 is 1.25 bits per heavy atom. The third-order valence-corrected chi connectivity index (χ3v) is 5.70. The van der Waals surface area contributed by atoms with Crippen LogP contribution in [0.5, 0.6) is 5.75 Å². The van der Waals surface area contributed by atoms with Crippen LogP contribution in [-0.2, 0) is 24.2 Å². The zero-order valence-electron chi connectivity index (χ0n) is 15.0. The number of amides is 1. The van der Waals surface area contributed by atoms with Crippen molar-refractivity contribution < 1.29 is 13.9 Å². The molecule has 4 nitrogen and oxygen atoms in total. The van der Waals surface area contributed by atoms with E-state index in [2.05, 4.69) is 4.98 Å². The summed E-state index contributed by atoms with van der Waals surface area (Å²) in [5.41, 5.74) is 1.98. The molecule has 28 heavy (non-hydrogen) atoms. The fourth-order valence-corrected chi connectivity index (χ4v) is 4.11. The first-order valence-electron chi connectivity index (χ1n) is 8.99. The summed E-state index contributed by atoms with van der Waals surface area (Å²) >= 11 is 7.30. The molecule has 0 spiro atoms. The van der Waals surface area contributed by atoms with E-state index in [1.54, 1.807) is 35.2 Å². The Balaban J connectivity index is 1.40. The van der Waals surface area contributed by atoms with Gasteiger partial charge in [0.15, 0.2) is 0 Å². The van der Waals surface area contributed by atoms with Gasteiger partial charge < -0.3 is 9.64 Å². The molecule has 0 N–H and O–H groups in total. The van der Waals surface area contributed by atoms with Crippen LogP contribution >= 0.6 is 22.9 Å². The molecule has 3 aromatic rings. The first-order chi connectivity index (χ1) is 13.6. The van der Waals surface area contributed by atoms with Crippen LogP contribution < -0.4 is 9.64 Å². The van der Waals surface area contributed by atoms with Crippen molar-refractivity contribution in [2.75, 3.05) is 11.4 Å². The highest BCUT2D eigenvalue weighted by molar-refractivity contribution is 7.09. The Labute approximate surface area is 171 Å². The molecule has 0 unspecified atom stereocenters. The molecule has 0 atom stereocenters. The molecule has 0 aliphatic carbocycles. The number of para-hydroxylation sites is 1. The number of carbonyl (C=O) groups is 1. The SMILES string of the molecule is O=C(Cc1csc(COc2ccc(Cl)cc2)n1)N1CCCc2cccc(F)c21. The Morgan fingerprint density at radius 2 is 2.07 bits per heavy atom. The Hall–Kier alpha value is -2.44. The van der Waals surface area contributed by atoms with Crippen molar-refractivity contribution in [2.45, 2.75) is 25.9 Å². The van der Waals surface area contributed by atoms with Crippen molar-refractivity contribution in [3.05, 3.63) is 74.9 Å². The summed E-state index contributed by atoms with van der Waals surface area (Å²) in [5.74, 6) is 0.222. The Kier molecular flexibility index (Phi) is 5.59. The molecule has 1 aliphatic rings. The van der Waals surface area contributed by atoms with E-state index in [1.165, 1.54) is 17.4 Å². The predicted molar refractivity (Wildman–Crippen MR) is 109 cm³/mol. The number of hydrogen-bond acceptors (Lipinski definition) is 4. The number of ether oxygens (including phenoxy) is 1. The van der Waals surface area contributed by atoms with E-state index in [0.717, 1.165) is 23.4 Å². The van der Waals surface area contributed by atoms with E-state index in [9.17, 15) is 9.18 Å². The molecule has 144 valence electrons. The number of aromatic nitrogens is 1. The van der Waals surface area contributed by atoms with Gasteiger partial charge in [0.2, 0.25) is 5.91 Å². The van der Waals surface area contributed by atoms with Crippen molar-refractivity contribution in [3.63, 3.8) is 0 Å². The fraction of sp³-hybridized carbons (Fsp3) is 0.238. The molecule has 0 saturated carbocycles. The number of anilines is 1. The first kappa shape index (κ1) is 18.9. The second kappa shape index (κ2) is 8.29. The van der Waals surface area contributed by atoms with E-state index in [4.69, 9.17) is 16.3 Å². The lowest BCUT2D eigenvalue weighted by Crippen LogP contribution is -2.37.